The minimum atomic E-state index is -0.766. The molecule has 18 heavy (non-hydrogen) atoms. The number of hydrogen-bond donors (Lipinski definition) is 3. The summed E-state index contributed by atoms with van der Waals surface area (Å²) < 4.78 is 0. The number of nitrogens with one attached hydrogen (secondary N) is 2. The van der Waals surface area contributed by atoms with Crippen LogP contribution in [0.25, 0.3) is 0 Å². The molecule has 0 bridgehead atoms. The second-order valence-electron chi connectivity index (χ2n) is 5.34. The highest BCUT2D eigenvalue weighted by Gasteiger charge is 2.17. The summed E-state index contributed by atoms with van der Waals surface area (Å²) in [5, 5.41) is 16.2. The van der Waals surface area contributed by atoms with Crippen LogP contribution < -0.4 is 10.6 Å². The standard InChI is InChI=1S/C13H24N4O/c1-6-14-11-10(9(2)3)12(17-8-16-11)15-7-13(4,5)18/h8-9,18H,6-7H2,1-5H3,(H2,14,15,16,17). The third-order valence-corrected chi connectivity index (χ3v) is 2.49. The van der Waals surface area contributed by atoms with E-state index < -0.39 is 5.60 Å². The van der Waals surface area contributed by atoms with Crippen molar-refractivity contribution in [1.29, 1.82) is 0 Å². The zero-order valence-corrected chi connectivity index (χ0v) is 11.9. The highest BCUT2D eigenvalue weighted by molar-refractivity contribution is 5.59. The fourth-order valence-electron chi connectivity index (χ4n) is 1.69. The van der Waals surface area contributed by atoms with Crippen LogP contribution in [0.1, 0.15) is 46.1 Å². The van der Waals surface area contributed by atoms with Crippen LogP contribution in [0.15, 0.2) is 6.33 Å². The summed E-state index contributed by atoms with van der Waals surface area (Å²) in [5.74, 6) is 1.96. The van der Waals surface area contributed by atoms with E-state index in [4.69, 9.17) is 0 Å². The molecule has 0 saturated heterocycles. The van der Waals surface area contributed by atoms with Crippen LogP contribution in [0.4, 0.5) is 11.6 Å². The van der Waals surface area contributed by atoms with Crippen LogP contribution in [0.5, 0.6) is 0 Å². The van der Waals surface area contributed by atoms with Crippen molar-refractivity contribution in [3.63, 3.8) is 0 Å². The second kappa shape index (κ2) is 6.00. The van der Waals surface area contributed by atoms with Crippen molar-refractivity contribution in [2.24, 2.45) is 0 Å². The van der Waals surface area contributed by atoms with Gasteiger partial charge in [0.05, 0.1) is 5.60 Å². The minimum Gasteiger partial charge on any atom is -0.389 e. The van der Waals surface area contributed by atoms with Gasteiger partial charge in [-0.25, -0.2) is 9.97 Å². The monoisotopic (exact) mass is 252 g/mol. The molecule has 5 nitrogen and oxygen atoms in total. The Morgan fingerprint density at radius 3 is 2.22 bits per heavy atom. The van der Waals surface area contributed by atoms with Gasteiger partial charge >= 0.3 is 0 Å². The van der Waals surface area contributed by atoms with Crippen molar-refractivity contribution in [3.8, 4) is 0 Å². The first-order chi connectivity index (χ1) is 8.35. The fourth-order valence-corrected chi connectivity index (χ4v) is 1.69. The molecule has 1 aromatic rings. The van der Waals surface area contributed by atoms with Crippen molar-refractivity contribution >= 4 is 11.6 Å². The summed E-state index contributed by atoms with van der Waals surface area (Å²) in [7, 11) is 0. The van der Waals surface area contributed by atoms with Crippen molar-refractivity contribution in [3.05, 3.63) is 11.9 Å². The molecule has 0 saturated carbocycles. The Labute approximate surface area is 109 Å². The first-order valence-corrected chi connectivity index (χ1v) is 6.40. The number of hydrogen-bond acceptors (Lipinski definition) is 5. The molecule has 0 aromatic carbocycles. The van der Waals surface area contributed by atoms with Crippen molar-refractivity contribution < 1.29 is 5.11 Å². The SMILES string of the molecule is CCNc1ncnc(NCC(C)(C)O)c1C(C)C. The quantitative estimate of drug-likeness (QED) is 0.724. The van der Waals surface area contributed by atoms with Gasteiger partial charge in [-0.2, -0.15) is 0 Å². The van der Waals surface area contributed by atoms with E-state index in [-0.39, 0.29) is 0 Å². The van der Waals surface area contributed by atoms with Gasteiger partial charge in [0.2, 0.25) is 0 Å². The van der Waals surface area contributed by atoms with Gasteiger partial charge in [-0.1, -0.05) is 13.8 Å². The Morgan fingerprint density at radius 2 is 1.78 bits per heavy atom. The Morgan fingerprint density at radius 1 is 1.22 bits per heavy atom. The molecule has 1 aromatic heterocycles. The second-order valence-corrected chi connectivity index (χ2v) is 5.34. The molecule has 0 spiro atoms. The van der Waals surface area contributed by atoms with Gasteiger partial charge in [0.1, 0.15) is 18.0 Å². The lowest BCUT2D eigenvalue weighted by Crippen LogP contribution is -2.30. The fraction of sp³-hybridized carbons (Fsp3) is 0.692. The van der Waals surface area contributed by atoms with Gasteiger partial charge in [0, 0.05) is 18.7 Å². The average molecular weight is 252 g/mol. The van der Waals surface area contributed by atoms with Crippen molar-refractivity contribution in [2.45, 2.75) is 46.1 Å². The van der Waals surface area contributed by atoms with Gasteiger partial charge in [-0.15, -0.1) is 0 Å². The lowest BCUT2D eigenvalue weighted by atomic mass is 10.0. The van der Waals surface area contributed by atoms with Gasteiger partial charge in [0.25, 0.3) is 0 Å². The molecule has 0 aliphatic rings. The zero-order chi connectivity index (χ0) is 13.8. The molecule has 0 fully saturated rings. The van der Waals surface area contributed by atoms with Crippen LogP contribution >= 0.6 is 0 Å². The van der Waals surface area contributed by atoms with Gasteiger partial charge < -0.3 is 15.7 Å². The number of rotatable bonds is 6. The topological polar surface area (TPSA) is 70.1 Å². The van der Waals surface area contributed by atoms with Crippen LogP contribution in [-0.2, 0) is 0 Å². The summed E-state index contributed by atoms with van der Waals surface area (Å²) in [6, 6.07) is 0. The summed E-state index contributed by atoms with van der Waals surface area (Å²) in [4.78, 5) is 8.54. The summed E-state index contributed by atoms with van der Waals surface area (Å²) in [6.07, 6.45) is 1.54. The van der Waals surface area contributed by atoms with E-state index in [1.165, 1.54) is 6.33 Å². The molecule has 5 heteroatoms. The highest BCUT2D eigenvalue weighted by Crippen LogP contribution is 2.28. The maximum atomic E-state index is 9.76. The molecular formula is C13H24N4O. The first-order valence-electron chi connectivity index (χ1n) is 6.40. The van der Waals surface area contributed by atoms with E-state index in [1.54, 1.807) is 13.8 Å². The Hall–Kier alpha value is -1.36. The number of nitrogens with zero attached hydrogens (tertiary/aromatic N) is 2. The van der Waals surface area contributed by atoms with E-state index in [2.05, 4.69) is 34.4 Å². The van der Waals surface area contributed by atoms with E-state index in [0.29, 0.717) is 12.5 Å². The maximum absolute atomic E-state index is 9.76. The van der Waals surface area contributed by atoms with Crippen LogP contribution in [0, 0.1) is 0 Å². The molecule has 1 rings (SSSR count). The lowest BCUT2D eigenvalue weighted by molar-refractivity contribution is 0.0944. The molecular weight excluding hydrogens is 228 g/mol. The number of aliphatic hydroxyl groups is 1. The largest absolute Gasteiger partial charge is 0.389 e. The maximum Gasteiger partial charge on any atom is 0.135 e. The van der Waals surface area contributed by atoms with Gasteiger partial charge in [-0.3, -0.25) is 0 Å². The molecule has 102 valence electrons. The van der Waals surface area contributed by atoms with E-state index >= 15 is 0 Å². The summed E-state index contributed by atoms with van der Waals surface area (Å²) >= 11 is 0. The molecule has 0 atom stereocenters. The summed E-state index contributed by atoms with van der Waals surface area (Å²) in [6.45, 7) is 11.1. The average Bonchev–Trinajstić information content (AvgIpc) is 2.25. The van der Waals surface area contributed by atoms with Gasteiger partial charge in [0.15, 0.2) is 0 Å². The zero-order valence-electron chi connectivity index (χ0n) is 11.9. The van der Waals surface area contributed by atoms with Crippen molar-refractivity contribution in [1.82, 2.24) is 9.97 Å². The van der Waals surface area contributed by atoms with Crippen LogP contribution in [-0.4, -0.2) is 33.8 Å². The van der Waals surface area contributed by atoms with Crippen molar-refractivity contribution in [2.75, 3.05) is 23.7 Å². The lowest BCUT2D eigenvalue weighted by Gasteiger charge is -2.21. The minimum absolute atomic E-state index is 0.310. The first kappa shape index (κ1) is 14.7. The molecule has 3 N–H and O–H groups in total. The Kier molecular flexibility index (Phi) is 4.90. The van der Waals surface area contributed by atoms with E-state index in [1.807, 2.05) is 6.92 Å². The molecule has 0 radical (unpaired) electrons. The van der Waals surface area contributed by atoms with Crippen LogP contribution in [0.2, 0.25) is 0 Å². The molecule has 1 heterocycles. The third kappa shape index (κ3) is 4.14. The smallest absolute Gasteiger partial charge is 0.135 e. The summed E-state index contributed by atoms with van der Waals surface area (Å²) in [5.41, 5.74) is 0.293. The predicted octanol–water partition coefficient (Wildman–Crippen LogP) is 2.21. The molecule has 0 unspecified atom stereocenters. The third-order valence-electron chi connectivity index (χ3n) is 2.49. The highest BCUT2D eigenvalue weighted by atomic mass is 16.3. The molecule has 0 aliphatic heterocycles. The van der Waals surface area contributed by atoms with E-state index in [9.17, 15) is 5.11 Å². The number of anilines is 2. The molecule has 0 amide bonds. The molecule has 0 aliphatic carbocycles. The van der Waals surface area contributed by atoms with Crippen LogP contribution in [0.3, 0.4) is 0 Å². The van der Waals surface area contributed by atoms with E-state index in [0.717, 1.165) is 23.7 Å². The Bertz CT molecular complexity index is 385. The van der Waals surface area contributed by atoms with Gasteiger partial charge in [-0.05, 0) is 26.7 Å². The Balaban J connectivity index is 2.99. The predicted molar refractivity (Wildman–Crippen MR) is 75.1 cm³/mol. The number of aromatic nitrogens is 2. The normalized spacial score (nSPS) is 11.7.